The molecule has 0 unspecified atom stereocenters. The van der Waals surface area contributed by atoms with Crippen LogP contribution in [0.4, 0.5) is 0 Å². The highest BCUT2D eigenvalue weighted by Crippen LogP contribution is 2.11. The van der Waals surface area contributed by atoms with Crippen molar-refractivity contribution in [2.75, 3.05) is 13.1 Å². The average molecular weight is 241 g/mol. The van der Waals surface area contributed by atoms with E-state index in [1.54, 1.807) is 0 Å². The Morgan fingerprint density at radius 1 is 1.00 bits per heavy atom. The lowest BCUT2D eigenvalue weighted by Crippen LogP contribution is -2.32. The van der Waals surface area contributed by atoms with Gasteiger partial charge in [0.25, 0.3) is 0 Å². The van der Waals surface area contributed by atoms with Gasteiger partial charge in [0.15, 0.2) is 0 Å². The lowest BCUT2D eigenvalue weighted by molar-refractivity contribution is -0.194. The van der Waals surface area contributed by atoms with Crippen LogP contribution < -0.4 is 0 Å². The summed E-state index contributed by atoms with van der Waals surface area (Å²) < 4.78 is 0. The van der Waals surface area contributed by atoms with Crippen molar-refractivity contribution >= 4 is 5.97 Å². The highest BCUT2D eigenvalue weighted by atomic mass is 16.7. The smallest absolute Gasteiger partial charge is 0.325 e. The predicted molar refractivity (Wildman–Crippen MR) is 69.5 cm³/mol. The lowest BCUT2D eigenvalue weighted by atomic mass is 10.1. The van der Waals surface area contributed by atoms with Crippen LogP contribution in [-0.4, -0.2) is 24.1 Å². The number of rotatable bonds is 8. The van der Waals surface area contributed by atoms with Crippen LogP contribution in [0.5, 0.6) is 0 Å². The number of piperidine rings is 1. The molecule has 0 spiro atoms. The molecule has 0 aromatic carbocycles. The van der Waals surface area contributed by atoms with Crippen molar-refractivity contribution in [1.82, 2.24) is 5.06 Å². The van der Waals surface area contributed by atoms with Crippen molar-refractivity contribution in [1.29, 1.82) is 0 Å². The van der Waals surface area contributed by atoms with E-state index in [9.17, 15) is 4.79 Å². The third-order valence-corrected chi connectivity index (χ3v) is 3.28. The van der Waals surface area contributed by atoms with Crippen LogP contribution in [0, 0.1) is 0 Å². The third-order valence-electron chi connectivity index (χ3n) is 3.28. The summed E-state index contributed by atoms with van der Waals surface area (Å²) >= 11 is 0. The van der Waals surface area contributed by atoms with Crippen molar-refractivity contribution in [3.63, 3.8) is 0 Å². The van der Waals surface area contributed by atoms with Gasteiger partial charge in [0.2, 0.25) is 0 Å². The highest BCUT2D eigenvalue weighted by Gasteiger charge is 2.14. The van der Waals surface area contributed by atoms with E-state index in [1.165, 1.54) is 32.1 Å². The summed E-state index contributed by atoms with van der Waals surface area (Å²) in [5.74, 6) is -0.0395. The molecule has 0 atom stereocenters. The monoisotopic (exact) mass is 241 g/mol. The molecule has 0 aliphatic carbocycles. The molecule has 1 fully saturated rings. The fraction of sp³-hybridized carbons (Fsp3) is 0.929. The molecule has 1 aliphatic heterocycles. The van der Waals surface area contributed by atoms with Gasteiger partial charge < -0.3 is 4.84 Å². The van der Waals surface area contributed by atoms with Crippen molar-refractivity contribution in [3.05, 3.63) is 0 Å². The van der Waals surface area contributed by atoms with Gasteiger partial charge in [-0.3, -0.25) is 4.79 Å². The van der Waals surface area contributed by atoms with Gasteiger partial charge in [0.05, 0.1) is 0 Å². The number of carbonyl (C=O) groups is 1. The molecule has 0 aromatic heterocycles. The van der Waals surface area contributed by atoms with Gasteiger partial charge in [0, 0.05) is 19.5 Å². The number of hydroxylamine groups is 2. The zero-order valence-electron chi connectivity index (χ0n) is 11.2. The second-order valence-electron chi connectivity index (χ2n) is 4.97. The third kappa shape index (κ3) is 7.37. The maximum Gasteiger partial charge on any atom is 0.325 e. The van der Waals surface area contributed by atoms with Crippen LogP contribution in [0.2, 0.25) is 0 Å². The Bertz CT molecular complexity index is 200. The van der Waals surface area contributed by atoms with E-state index in [-0.39, 0.29) is 5.97 Å². The van der Waals surface area contributed by atoms with Gasteiger partial charge in [-0.15, -0.1) is 5.06 Å². The minimum atomic E-state index is -0.0395. The first kappa shape index (κ1) is 14.5. The Kier molecular flexibility index (Phi) is 8.06. The van der Waals surface area contributed by atoms with E-state index >= 15 is 0 Å². The maximum atomic E-state index is 11.5. The summed E-state index contributed by atoms with van der Waals surface area (Å²) in [5, 5.41) is 1.84. The zero-order chi connectivity index (χ0) is 12.3. The Hall–Kier alpha value is -0.570. The zero-order valence-corrected chi connectivity index (χ0v) is 11.2. The van der Waals surface area contributed by atoms with Gasteiger partial charge in [-0.1, -0.05) is 45.4 Å². The molecule has 0 radical (unpaired) electrons. The Labute approximate surface area is 105 Å². The Balaban J connectivity index is 1.93. The second-order valence-corrected chi connectivity index (χ2v) is 4.97. The van der Waals surface area contributed by atoms with Crippen LogP contribution in [-0.2, 0) is 9.63 Å². The summed E-state index contributed by atoms with van der Waals surface area (Å²) in [4.78, 5) is 16.8. The minimum absolute atomic E-state index is 0.0395. The van der Waals surface area contributed by atoms with Gasteiger partial charge in [-0.25, -0.2) is 0 Å². The molecule has 0 bridgehead atoms. The quantitative estimate of drug-likeness (QED) is 0.607. The first-order valence-electron chi connectivity index (χ1n) is 7.28. The molecular formula is C14H27NO2. The lowest BCUT2D eigenvalue weighted by Gasteiger charge is -2.24. The molecule has 3 heteroatoms. The Morgan fingerprint density at radius 2 is 1.65 bits per heavy atom. The van der Waals surface area contributed by atoms with Gasteiger partial charge >= 0.3 is 5.97 Å². The summed E-state index contributed by atoms with van der Waals surface area (Å²) in [6, 6.07) is 0. The molecule has 1 saturated heterocycles. The van der Waals surface area contributed by atoms with Crippen molar-refractivity contribution in [2.24, 2.45) is 0 Å². The molecule has 0 saturated carbocycles. The van der Waals surface area contributed by atoms with Crippen molar-refractivity contribution in [3.8, 4) is 0 Å². The molecule has 100 valence electrons. The van der Waals surface area contributed by atoms with Gasteiger partial charge in [0.1, 0.15) is 0 Å². The number of nitrogens with zero attached hydrogens (tertiary/aromatic N) is 1. The van der Waals surface area contributed by atoms with Gasteiger partial charge in [-0.05, 0) is 19.3 Å². The molecule has 17 heavy (non-hydrogen) atoms. The topological polar surface area (TPSA) is 29.5 Å². The normalized spacial score (nSPS) is 17.0. The van der Waals surface area contributed by atoms with Crippen molar-refractivity contribution < 1.29 is 9.63 Å². The van der Waals surface area contributed by atoms with Crippen LogP contribution in [0.25, 0.3) is 0 Å². The summed E-state index contributed by atoms with van der Waals surface area (Å²) in [5.41, 5.74) is 0. The van der Waals surface area contributed by atoms with Crippen molar-refractivity contribution in [2.45, 2.75) is 71.1 Å². The number of hydrogen-bond donors (Lipinski definition) is 0. The van der Waals surface area contributed by atoms with Gasteiger partial charge in [-0.2, -0.15) is 0 Å². The maximum absolute atomic E-state index is 11.5. The van der Waals surface area contributed by atoms with Crippen LogP contribution in [0.3, 0.4) is 0 Å². The number of carbonyl (C=O) groups excluding carboxylic acids is 1. The average Bonchev–Trinajstić information content (AvgIpc) is 2.35. The van der Waals surface area contributed by atoms with E-state index in [2.05, 4.69) is 6.92 Å². The first-order valence-corrected chi connectivity index (χ1v) is 7.28. The minimum Gasteiger partial charge on any atom is -0.368 e. The molecule has 1 rings (SSSR count). The van der Waals surface area contributed by atoms with E-state index < -0.39 is 0 Å². The SMILES string of the molecule is CCCCCCCCC(=O)ON1CCCCC1. The molecule has 0 aromatic rings. The fourth-order valence-electron chi connectivity index (χ4n) is 2.20. The van der Waals surface area contributed by atoms with E-state index in [1.807, 2.05) is 5.06 Å². The van der Waals surface area contributed by atoms with E-state index in [0.717, 1.165) is 38.8 Å². The number of unbranched alkanes of at least 4 members (excludes halogenated alkanes) is 5. The van der Waals surface area contributed by atoms with Crippen LogP contribution in [0.15, 0.2) is 0 Å². The molecule has 0 amide bonds. The fourth-order valence-corrected chi connectivity index (χ4v) is 2.20. The van der Waals surface area contributed by atoms with Crippen LogP contribution >= 0.6 is 0 Å². The standard InChI is InChI=1S/C14H27NO2/c1-2-3-4-5-6-8-11-14(16)17-15-12-9-7-10-13-15/h2-13H2,1H3. The largest absolute Gasteiger partial charge is 0.368 e. The predicted octanol–water partition coefficient (Wildman–Crippen LogP) is 3.68. The molecule has 0 N–H and O–H groups in total. The number of hydrogen-bond acceptors (Lipinski definition) is 3. The molecule has 1 aliphatic rings. The highest BCUT2D eigenvalue weighted by molar-refractivity contribution is 5.68. The molecular weight excluding hydrogens is 214 g/mol. The second kappa shape index (κ2) is 9.46. The summed E-state index contributed by atoms with van der Waals surface area (Å²) in [6.07, 6.45) is 11.5. The first-order chi connectivity index (χ1) is 8.33. The van der Waals surface area contributed by atoms with Crippen LogP contribution in [0.1, 0.15) is 71.1 Å². The molecule has 3 nitrogen and oxygen atoms in total. The molecule has 1 heterocycles. The van der Waals surface area contributed by atoms with E-state index in [4.69, 9.17) is 4.84 Å². The summed E-state index contributed by atoms with van der Waals surface area (Å²) in [6.45, 7) is 4.06. The van der Waals surface area contributed by atoms with E-state index in [0.29, 0.717) is 6.42 Å². The summed E-state index contributed by atoms with van der Waals surface area (Å²) in [7, 11) is 0. The Morgan fingerprint density at radius 3 is 2.35 bits per heavy atom.